The number of aliphatic hydroxyl groups excluding tert-OH is 1. The van der Waals surface area contributed by atoms with Gasteiger partial charge in [-0.2, -0.15) is 13.2 Å². The van der Waals surface area contributed by atoms with Crippen LogP contribution < -0.4 is 5.32 Å². The van der Waals surface area contributed by atoms with Gasteiger partial charge in [0.2, 0.25) is 0 Å². The first-order valence-corrected chi connectivity index (χ1v) is 6.70. The van der Waals surface area contributed by atoms with Gasteiger partial charge in [0.15, 0.2) is 0 Å². The molecule has 1 aromatic heterocycles. The number of nitrogens with one attached hydrogen (secondary N) is 1. The van der Waals surface area contributed by atoms with Gasteiger partial charge >= 0.3 is 6.18 Å². The fraction of sp³-hybridized carbons (Fsp3) is 0.267. The summed E-state index contributed by atoms with van der Waals surface area (Å²) in [5.41, 5.74) is -0.584. The van der Waals surface area contributed by atoms with Crippen LogP contribution in [0.15, 0.2) is 36.7 Å². The van der Waals surface area contributed by atoms with Crippen LogP contribution in [0.25, 0.3) is 0 Å². The smallest absolute Gasteiger partial charge is 0.387 e. The summed E-state index contributed by atoms with van der Waals surface area (Å²) in [6, 6.07) is 4.68. The van der Waals surface area contributed by atoms with E-state index in [1.165, 1.54) is 30.6 Å². The molecular weight excluding hydrogens is 311 g/mol. The number of nitrogens with zero attached hydrogens (tertiary/aromatic N) is 2. The average molecular weight is 325 g/mol. The quantitative estimate of drug-likeness (QED) is 0.904. The second-order valence-electron chi connectivity index (χ2n) is 4.85. The van der Waals surface area contributed by atoms with Crippen molar-refractivity contribution in [1.29, 1.82) is 0 Å². The predicted octanol–water partition coefficient (Wildman–Crippen LogP) is 2.27. The zero-order valence-electron chi connectivity index (χ0n) is 12.1. The molecule has 2 aromatic rings. The van der Waals surface area contributed by atoms with E-state index in [-0.39, 0.29) is 17.8 Å². The molecule has 2 N–H and O–H groups in total. The normalized spacial score (nSPS) is 12.7. The van der Waals surface area contributed by atoms with Crippen LogP contribution in [0.2, 0.25) is 0 Å². The molecule has 0 aliphatic heterocycles. The van der Waals surface area contributed by atoms with Crippen molar-refractivity contribution in [2.24, 2.45) is 0 Å². The third-order valence-corrected chi connectivity index (χ3v) is 3.09. The van der Waals surface area contributed by atoms with Crippen LogP contribution >= 0.6 is 0 Å². The third kappa shape index (κ3) is 4.26. The van der Waals surface area contributed by atoms with Crippen LogP contribution in [-0.2, 0) is 6.18 Å². The summed E-state index contributed by atoms with van der Waals surface area (Å²) >= 11 is 0. The minimum absolute atomic E-state index is 0.0203. The van der Waals surface area contributed by atoms with Crippen molar-refractivity contribution in [2.45, 2.75) is 19.2 Å². The molecule has 5 nitrogen and oxygen atoms in total. The van der Waals surface area contributed by atoms with E-state index in [2.05, 4.69) is 15.3 Å². The molecule has 122 valence electrons. The van der Waals surface area contributed by atoms with E-state index in [1.54, 1.807) is 6.92 Å². The van der Waals surface area contributed by atoms with Crippen molar-refractivity contribution in [2.75, 3.05) is 6.54 Å². The van der Waals surface area contributed by atoms with Gasteiger partial charge < -0.3 is 10.4 Å². The van der Waals surface area contributed by atoms with E-state index in [0.29, 0.717) is 5.69 Å². The molecule has 8 heteroatoms. The number of aliphatic hydroxyl groups is 1. The number of alkyl halides is 3. The maximum Gasteiger partial charge on any atom is 0.416 e. The lowest BCUT2D eigenvalue weighted by molar-refractivity contribution is -0.139. The zero-order valence-corrected chi connectivity index (χ0v) is 12.1. The number of aromatic nitrogens is 2. The van der Waals surface area contributed by atoms with Crippen LogP contribution in [0, 0.1) is 6.92 Å². The highest BCUT2D eigenvalue weighted by Gasteiger charge is 2.34. The first-order valence-electron chi connectivity index (χ1n) is 6.70. The molecule has 0 radical (unpaired) electrons. The van der Waals surface area contributed by atoms with Crippen molar-refractivity contribution in [3.8, 4) is 0 Å². The lowest BCUT2D eigenvalue weighted by Crippen LogP contribution is -2.30. The summed E-state index contributed by atoms with van der Waals surface area (Å²) in [6.07, 6.45) is -3.43. The Bertz CT molecular complexity index is 687. The molecule has 1 unspecified atom stereocenters. The summed E-state index contributed by atoms with van der Waals surface area (Å²) in [7, 11) is 0. The third-order valence-electron chi connectivity index (χ3n) is 3.09. The highest BCUT2D eigenvalue weighted by molar-refractivity contribution is 5.91. The summed E-state index contributed by atoms with van der Waals surface area (Å²) in [5.74, 6) is -0.624. The first kappa shape index (κ1) is 16.9. The van der Waals surface area contributed by atoms with E-state index in [0.717, 1.165) is 6.07 Å². The van der Waals surface area contributed by atoms with Gasteiger partial charge in [-0.1, -0.05) is 18.2 Å². The Balaban J connectivity index is 2.07. The van der Waals surface area contributed by atoms with Crippen molar-refractivity contribution in [1.82, 2.24) is 15.3 Å². The van der Waals surface area contributed by atoms with E-state index in [4.69, 9.17) is 0 Å². The highest BCUT2D eigenvalue weighted by Crippen LogP contribution is 2.34. The van der Waals surface area contributed by atoms with Crippen LogP contribution in [0.4, 0.5) is 13.2 Å². The number of halogens is 3. The molecule has 2 rings (SSSR count). The Labute approximate surface area is 130 Å². The maximum atomic E-state index is 12.9. The van der Waals surface area contributed by atoms with Gasteiger partial charge in [-0.25, -0.2) is 4.98 Å². The van der Waals surface area contributed by atoms with E-state index in [1.807, 2.05) is 0 Å². The minimum atomic E-state index is -4.58. The largest absolute Gasteiger partial charge is 0.416 e. The van der Waals surface area contributed by atoms with Crippen molar-refractivity contribution in [3.63, 3.8) is 0 Å². The van der Waals surface area contributed by atoms with Gasteiger partial charge in [0.1, 0.15) is 5.69 Å². The van der Waals surface area contributed by atoms with Crippen LogP contribution in [0.3, 0.4) is 0 Å². The molecule has 0 bridgehead atoms. The molecule has 1 heterocycles. The van der Waals surface area contributed by atoms with Gasteiger partial charge in [-0.15, -0.1) is 0 Å². The molecule has 0 fully saturated rings. The predicted molar refractivity (Wildman–Crippen MR) is 75.5 cm³/mol. The van der Waals surface area contributed by atoms with Crippen LogP contribution in [0.1, 0.15) is 33.4 Å². The number of rotatable bonds is 4. The number of hydrogen-bond donors (Lipinski definition) is 2. The number of amides is 1. The lowest BCUT2D eigenvalue weighted by atomic mass is 10.0. The standard InChI is InChI=1S/C15H14F3N3O2/c1-9-6-20-12(7-19-9)14(23)21-8-13(22)10-4-2-3-5-11(10)15(16,17)18/h2-7,13,22H,8H2,1H3,(H,21,23). The molecule has 0 aliphatic carbocycles. The molecule has 1 aromatic carbocycles. The molecule has 23 heavy (non-hydrogen) atoms. The van der Waals surface area contributed by atoms with Gasteiger partial charge in [0.25, 0.3) is 5.91 Å². The fourth-order valence-corrected chi connectivity index (χ4v) is 1.95. The monoisotopic (exact) mass is 325 g/mol. The van der Waals surface area contributed by atoms with E-state index >= 15 is 0 Å². The summed E-state index contributed by atoms with van der Waals surface area (Å²) in [6.45, 7) is 1.33. The van der Waals surface area contributed by atoms with Gasteiger partial charge in [0, 0.05) is 12.7 Å². The zero-order chi connectivity index (χ0) is 17.0. The maximum absolute atomic E-state index is 12.9. The molecule has 1 amide bonds. The fourth-order valence-electron chi connectivity index (χ4n) is 1.95. The number of carbonyl (C=O) groups is 1. The molecular formula is C15H14F3N3O2. The topological polar surface area (TPSA) is 75.1 Å². The molecule has 1 atom stereocenters. The Morgan fingerprint density at radius 3 is 2.57 bits per heavy atom. The first-order chi connectivity index (χ1) is 10.8. The molecule has 0 aliphatic rings. The Morgan fingerprint density at radius 2 is 1.96 bits per heavy atom. The van der Waals surface area contributed by atoms with Crippen LogP contribution in [-0.4, -0.2) is 27.5 Å². The van der Waals surface area contributed by atoms with Crippen LogP contribution in [0.5, 0.6) is 0 Å². The minimum Gasteiger partial charge on any atom is -0.387 e. The Morgan fingerprint density at radius 1 is 1.26 bits per heavy atom. The molecule has 0 saturated heterocycles. The van der Waals surface area contributed by atoms with E-state index < -0.39 is 23.8 Å². The second kappa shape index (κ2) is 6.74. The number of benzene rings is 1. The van der Waals surface area contributed by atoms with Gasteiger partial charge in [-0.3, -0.25) is 9.78 Å². The number of carbonyl (C=O) groups excluding carboxylic acids is 1. The number of aryl methyl sites for hydroxylation is 1. The highest BCUT2D eigenvalue weighted by atomic mass is 19.4. The van der Waals surface area contributed by atoms with Crippen molar-refractivity contribution >= 4 is 5.91 Å². The Kier molecular flexibility index (Phi) is 4.95. The van der Waals surface area contributed by atoms with Gasteiger partial charge in [-0.05, 0) is 18.6 Å². The molecule has 0 saturated carbocycles. The SMILES string of the molecule is Cc1cnc(C(=O)NCC(O)c2ccccc2C(F)(F)F)cn1. The summed E-state index contributed by atoms with van der Waals surface area (Å²) in [4.78, 5) is 19.6. The van der Waals surface area contributed by atoms with E-state index in [9.17, 15) is 23.1 Å². The molecule has 0 spiro atoms. The second-order valence-corrected chi connectivity index (χ2v) is 4.85. The lowest BCUT2D eigenvalue weighted by Gasteiger charge is -2.17. The average Bonchev–Trinajstić information content (AvgIpc) is 2.52. The van der Waals surface area contributed by atoms with Crippen molar-refractivity contribution in [3.05, 3.63) is 59.2 Å². The number of hydrogen-bond acceptors (Lipinski definition) is 4. The summed E-state index contributed by atoms with van der Waals surface area (Å²) in [5, 5.41) is 12.3. The van der Waals surface area contributed by atoms with Gasteiger partial charge in [0.05, 0.1) is 23.6 Å². The summed E-state index contributed by atoms with van der Waals surface area (Å²) < 4.78 is 38.7. The Hall–Kier alpha value is -2.48. The van der Waals surface area contributed by atoms with Crippen molar-refractivity contribution < 1.29 is 23.1 Å².